The largest absolute Gasteiger partial charge is 0.309 e. The summed E-state index contributed by atoms with van der Waals surface area (Å²) in [4.78, 5) is 15.6. The summed E-state index contributed by atoms with van der Waals surface area (Å²) in [5.41, 5.74) is 20.1. The van der Waals surface area contributed by atoms with Crippen LogP contribution in [0, 0.1) is 0 Å². The van der Waals surface area contributed by atoms with Crippen molar-refractivity contribution in [3.05, 3.63) is 291 Å². The first kappa shape index (κ1) is 45.3. The Kier molecular flexibility index (Phi) is 11.5. The maximum absolute atomic E-state index is 5.20. The smallest absolute Gasteiger partial charge is 0.164 e. The zero-order valence-electron chi connectivity index (χ0n) is 42.0. The molecule has 0 radical (unpaired) electrons. The number of rotatable bonds is 10. The highest BCUT2D eigenvalue weighted by atomic mass is 15.0. The third kappa shape index (κ3) is 8.74. The van der Waals surface area contributed by atoms with Crippen LogP contribution in [0.25, 0.3) is 139 Å². The van der Waals surface area contributed by atoms with Crippen molar-refractivity contribution in [1.29, 1.82) is 0 Å². The number of aromatic nitrogens is 4. The van der Waals surface area contributed by atoms with Crippen molar-refractivity contribution in [2.24, 2.45) is 0 Å². The highest BCUT2D eigenvalue weighted by molar-refractivity contribution is 6.09. The Morgan fingerprint density at radius 2 is 0.532 bits per heavy atom. The van der Waals surface area contributed by atoms with Gasteiger partial charge in [-0.3, -0.25) is 0 Å². The lowest BCUT2D eigenvalue weighted by Gasteiger charge is -2.12. The van der Waals surface area contributed by atoms with Gasteiger partial charge in [0, 0.05) is 33.2 Å². The number of para-hydroxylation sites is 2. The predicted octanol–water partition coefficient (Wildman–Crippen LogP) is 19.1. The lowest BCUT2D eigenvalue weighted by atomic mass is 9.95. The summed E-state index contributed by atoms with van der Waals surface area (Å²) in [6, 6.07) is 104. The average Bonchev–Trinajstić information content (AvgIpc) is 3.93. The third-order valence-corrected chi connectivity index (χ3v) is 14.9. The lowest BCUT2D eigenvalue weighted by Crippen LogP contribution is -2.00. The Labute approximate surface area is 447 Å². The standard InChI is InChI=1S/C73H48N4/c1-2-15-49(16-3-1)57-19-10-22-60(45-57)61-23-11-20-58(46-61)50-33-39-54(40-34-50)71-74-72(55-41-35-51(36-42-55)59-21-12-25-63(47-59)66-30-14-18-53-17-4-5-27-65(53)66)76-73(75-71)56-43-37-52(38-44-56)62-24-13-26-64(48-62)77-69-31-8-6-28-67(69)68-29-7-9-32-70(68)77/h1-48H. The van der Waals surface area contributed by atoms with Gasteiger partial charge >= 0.3 is 0 Å². The Balaban J connectivity index is 0.806. The molecule has 4 heteroatoms. The molecule has 0 aliphatic rings. The van der Waals surface area contributed by atoms with Crippen LogP contribution >= 0.6 is 0 Å². The van der Waals surface area contributed by atoms with Gasteiger partial charge in [-0.25, -0.2) is 15.0 Å². The zero-order chi connectivity index (χ0) is 51.1. The second-order valence-corrected chi connectivity index (χ2v) is 19.6. The van der Waals surface area contributed by atoms with Crippen LogP contribution in [0.5, 0.6) is 0 Å². The van der Waals surface area contributed by atoms with Crippen molar-refractivity contribution in [3.63, 3.8) is 0 Å². The van der Waals surface area contributed by atoms with Crippen LogP contribution in [0.4, 0.5) is 0 Å². The molecule has 0 amide bonds. The minimum atomic E-state index is 0.608. The maximum atomic E-state index is 5.20. The van der Waals surface area contributed by atoms with Gasteiger partial charge in [0.15, 0.2) is 17.5 Å². The molecule has 0 saturated heterocycles. The monoisotopic (exact) mass is 980 g/mol. The van der Waals surface area contributed by atoms with Crippen molar-refractivity contribution in [2.45, 2.75) is 0 Å². The molecule has 0 unspecified atom stereocenters. The Bertz CT molecular complexity index is 4420. The Morgan fingerprint density at radius 3 is 1.04 bits per heavy atom. The van der Waals surface area contributed by atoms with Crippen molar-refractivity contribution < 1.29 is 0 Å². The first-order valence-corrected chi connectivity index (χ1v) is 26.1. The molecule has 14 rings (SSSR count). The molecular formula is C73H48N4. The molecule has 0 fully saturated rings. The Morgan fingerprint density at radius 1 is 0.208 bits per heavy atom. The van der Waals surface area contributed by atoms with E-state index in [0.717, 1.165) is 55.8 Å². The topological polar surface area (TPSA) is 43.6 Å². The Hall–Kier alpha value is -10.3. The maximum Gasteiger partial charge on any atom is 0.164 e. The van der Waals surface area contributed by atoms with E-state index < -0.39 is 0 Å². The van der Waals surface area contributed by atoms with Crippen LogP contribution in [0.3, 0.4) is 0 Å². The van der Waals surface area contributed by atoms with Crippen LogP contribution in [0.1, 0.15) is 0 Å². The van der Waals surface area contributed by atoms with Gasteiger partial charge in [0.05, 0.1) is 11.0 Å². The number of benzene rings is 12. The van der Waals surface area contributed by atoms with E-state index in [0.29, 0.717) is 17.5 Å². The van der Waals surface area contributed by atoms with Gasteiger partial charge in [-0.15, -0.1) is 0 Å². The van der Waals surface area contributed by atoms with E-state index in [9.17, 15) is 0 Å². The SMILES string of the molecule is c1ccc(-c2cccc(-c3cccc(-c4ccc(-c5nc(-c6ccc(-c7cccc(-c8cccc9ccccc89)c7)cc6)nc(-c6ccc(-c7cccc(-n8c9ccccc9c9ccccc98)c7)cc6)n5)cc4)c3)c2)cc1. The van der Waals surface area contributed by atoms with E-state index in [-0.39, 0.29) is 0 Å². The molecule has 14 aromatic rings. The van der Waals surface area contributed by atoms with Crippen molar-refractivity contribution >= 4 is 32.6 Å². The van der Waals surface area contributed by atoms with E-state index in [1.807, 2.05) is 0 Å². The van der Waals surface area contributed by atoms with E-state index >= 15 is 0 Å². The van der Waals surface area contributed by atoms with Gasteiger partial charge in [0.25, 0.3) is 0 Å². The molecule has 0 bridgehead atoms. The predicted molar refractivity (Wildman–Crippen MR) is 321 cm³/mol. The second-order valence-electron chi connectivity index (χ2n) is 19.6. The van der Waals surface area contributed by atoms with Gasteiger partial charge in [0.1, 0.15) is 0 Å². The molecule has 12 aromatic carbocycles. The first-order chi connectivity index (χ1) is 38.1. The van der Waals surface area contributed by atoms with Crippen molar-refractivity contribution in [2.75, 3.05) is 0 Å². The molecule has 0 aliphatic carbocycles. The molecule has 0 aliphatic heterocycles. The molecule has 0 saturated carbocycles. The quantitative estimate of drug-likeness (QED) is 0.137. The fourth-order valence-electron chi connectivity index (χ4n) is 11.0. The van der Waals surface area contributed by atoms with E-state index in [4.69, 9.17) is 15.0 Å². The summed E-state index contributed by atoms with van der Waals surface area (Å²) in [7, 11) is 0. The second kappa shape index (κ2) is 19.5. The van der Waals surface area contributed by atoms with Crippen LogP contribution in [0.15, 0.2) is 291 Å². The van der Waals surface area contributed by atoms with Crippen LogP contribution in [0.2, 0.25) is 0 Å². The molecule has 77 heavy (non-hydrogen) atoms. The highest BCUT2D eigenvalue weighted by Gasteiger charge is 2.16. The highest BCUT2D eigenvalue weighted by Crippen LogP contribution is 2.37. The van der Waals surface area contributed by atoms with Crippen LogP contribution < -0.4 is 0 Å². The van der Waals surface area contributed by atoms with Gasteiger partial charge in [-0.2, -0.15) is 0 Å². The number of hydrogen-bond acceptors (Lipinski definition) is 3. The summed E-state index contributed by atoms with van der Waals surface area (Å²) in [5, 5.41) is 4.97. The van der Waals surface area contributed by atoms with Gasteiger partial charge in [-0.1, -0.05) is 249 Å². The number of hydrogen-bond donors (Lipinski definition) is 0. The fraction of sp³-hybridized carbons (Fsp3) is 0. The van der Waals surface area contributed by atoms with Crippen molar-refractivity contribution in [1.82, 2.24) is 19.5 Å². The van der Waals surface area contributed by atoms with Gasteiger partial charge < -0.3 is 4.57 Å². The molecule has 2 heterocycles. The van der Waals surface area contributed by atoms with Crippen LogP contribution in [-0.2, 0) is 0 Å². The number of fused-ring (bicyclic) bond motifs is 4. The molecular weight excluding hydrogens is 933 g/mol. The molecule has 0 spiro atoms. The van der Waals surface area contributed by atoms with Gasteiger partial charge in [0.2, 0.25) is 0 Å². The summed E-state index contributed by atoms with van der Waals surface area (Å²) in [6.07, 6.45) is 0. The normalized spacial score (nSPS) is 11.4. The first-order valence-electron chi connectivity index (χ1n) is 26.1. The third-order valence-electron chi connectivity index (χ3n) is 14.9. The summed E-state index contributed by atoms with van der Waals surface area (Å²) >= 11 is 0. The summed E-state index contributed by atoms with van der Waals surface area (Å²) in [6.45, 7) is 0. The molecule has 0 atom stereocenters. The van der Waals surface area contributed by atoms with E-state index in [1.165, 1.54) is 66.0 Å². The summed E-state index contributed by atoms with van der Waals surface area (Å²) < 4.78 is 2.36. The molecule has 360 valence electrons. The number of nitrogens with zero attached hydrogens (tertiary/aromatic N) is 4. The minimum Gasteiger partial charge on any atom is -0.309 e. The molecule has 0 N–H and O–H groups in total. The van der Waals surface area contributed by atoms with Crippen molar-refractivity contribution in [3.8, 4) is 107 Å². The van der Waals surface area contributed by atoms with Gasteiger partial charge in [-0.05, 0) is 120 Å². The molecule has 2 aromatic heterocycles. The zero-order valence-corrected chi connectivity index (χ0v) is 42.0. The van der Waals surface area contributed by atoms with Crippen LogP contribution in [-0.4, -0.2) is 19.5 Å². The average molecular weight is 981 g/mol. The fourth-order valence-corrected chi connectivity index (χ4v) is 11.0. The summed E-state index contributed by atoms with van der Waals surface area (Å²) in [5.74, 6) is 1.83. The molecule has 4 nitrogen and oxygen atoms in total. The lowest BCUT2D eigenvalue weighted by molar-refractivity contribution is 1.07. The minimum absolute atomic E-state index is 0.608. The van der Waals surface area contributed by atoms with E-state index in [1.54, 1.807) is 0 Å². The van der Waals surface area contributed by atoms with E-state index in [2.05, 4.69) is 296 Å².